The smallest absolute Gasteiger partial charge is 0.275 e. The number of amides is 1. The Bertz CT molecular complexity index is 1180. The number of carbonyl (C=O) groups excluding carboxylic acids is 1. The number of pyridine rings is 1. The summed E-state index contributed by atoms with van der Waals surface area (Å²) >= 11 is 0. The van der Waals surface area contributed by atoms with E-state index in [0.717, 1.165) is 23.8 Å². The first kappa shape index (κ1) is 19.9. The van der Waals surface area contributed by atoms with E-state index >= 15 is 0 Å². The number of aromatic nitrogens is 3. The van der Waals surface area contributed by atoms with E-state index in [-0.39, 0.29) is 23.3 Å². The lowest BCUT2D eigenvalue weighted by molar-refractivity contribution is -0.134. The van der Waals surface area contributed by atoms with Crippen LogP contribution in [0.3, 0.4) is 0 Å². The standard InChI is InChI=1S/C24H26N4O3/c1-16(28-23(30)20-9-3-2-6-17(20)12-26-28)22(29)27-14-18-7-4-10-24(31,21(18)15-27)19-8-5-11-25-13-19/h2-3,5-6,8-9,11-13,16,18,21,31H,4,7,10,14-15H2,1H3/t16-,18-,21-,24+/m1/s1. The van der Waals surface area contributed by atoms with E-state index in [4.69, 9.17) is 0 Å². The van der Waals surface area contributed by atoms with Crippen molar-refractivity contribution in [1.29, 1.82) is 0 Å². The third-order valence-corrected chi connectivity index (χ3v) is 7.11. The van der Waals surface area contributed by atoms with Gasteiger partial charge in [-0.1, -0.05) is 24.3 Å². The molecule has 0 spiro atoms. The summed E-state index contributed by atoms with van der Waals surface area (Å²) in [5.74, 6) is 0.0621. The molecule has 2 aromatic heterocycles. The average Bonchev–Trinajstić information content (AvgIpc) is 3.25. The molecular weight excluding hydrogens is 392 g/mol. The van der Waals surface area contributed by atoms with Crippen molar-refractivity contribution in [2.75, 3.05) is 13.1 Å². The molecule has 1 aromatic carbocycles. The quantitative estimate of drug-likeness (QED) is 0.706. The van der Waals surface area contributed by atoms with Crippen LogP contribution >= 0.6 is 0 Å². The van der Waals surface area contributed by atoms with Gasteiger partial charge in [0.05, 0.1) is 17.2 Å². The summed E-state index contributed by atoms with van der Waals surface area (Å²) in [5.41, 5.74) is -0.421. The zero-order chi connectivity index (χ0) is 21.6. The van der Waals surface area contributed by atoms with Crippen LogP contribution in [0, 0.1) is 11.8 Å². The molecule has 1 amide bonds. The van der Waals surface area contributed by atoms with Gasteiger partial charge in [-0.3, -0.25) is 14.6 Å². The number of likely N-dealkylation sites (tertiary alicyclic amines) is 1. The molecule has 1 N–H and O–H groups in total. The summed E-state index contributed by atoms with van der Waals surface area (Å²) in [4.78, 5) is 32.3. The molecule has 160 valence electrons. The number of rotatable bonds is 3. The molecule has 5 rings (SSSR count). The van der Waals surface area contributed by atoms with Gasteiger partial charge >= 0.3 is 0 Å². The van der Waals surface area contributed by atoms with E-state index in [0.29, 0.717) is 24.9 Å². The second-order valence-corrected chi connectivity index (χ2v) is 8.83. The second kappa shape index (κ2) is 7.57. The van der Waals surface area contributed by atoms with E-state index in [1.165, 1.54) is 4.68 Å². The molecule has 2 fully saturated rings. The average molecular weight is 418 g/mol. The highest BCUT2D eigenvalue weighted by atomic mass is 16.3. The summed E-state index contributed by atoms with van der Waals surface area (Å²) < 4.78 is 1.28. The third-order valence-electron chi connectivity index (χ3n) is 7.11. The molecule has 0 bridgehead atoms. The van der Waals surface area contributed by atoms with Gasteiger partial charge in [0, 0.05) is 42.4 Å². The lowest BCUT2D eigenvalue weighted by atomic mass is 9.68. The zero-order valence-electron chi connectivity index (χ0n) is 17.5. The van der Waals surface area contributed by atoms with Gasteiger partial charge in [-0.15, -0.1) is 0 Å². The van der Waals surface area contributed by atoms with Gasteiger partial charge in [0.2, 0.25) is 5.91 Å². The van der Waals surface area contributed by atoms with Crippen molar-refractivity contribution in [3.05, 3.63) is 70.9 Å². The van der Waals surface area contributed by atoms with Crippen LogP contribution in [0.2, 0.25) is 0 Å². The Morgan fingerprint density at radius 2 is 2.03 bits per heavy atom. The zero-order valence-corrected chi connectivity index (χ0v) is 17.5. The first-order valence-corrected chi connectivity index (χ1v) is 10.9. The Morgan fingerprint density at radius 1 is 1.19 bits per heavy atom. The maximum absolute atomic E-state index is 13.4. The minimum atomic E-state index is -0.979. The molecule has 2 aliphatic rings. The Balaban J connectivity index is 1.41. The Morgan fingerprint density at radius 3 is 2.84 bits per heavy atom. The molecule has 1 saturated heterocycles. The van der Waals surface area contributed by atoms with Crippen molar-refractivity contribution in [2.24, 2.45) is 11.8 Å². The fourth-order valence-electron chi connectivity index (χ4n) is 5.43. The van der Waals surface area contributed by atoms with E-state index in [1.54, 1.807) is 36.5 Å². The van der Waals surface area contributed by atoms with Crippen LogP contribution < -0.4 is 5.56 Å². The number of aliphatic hydroxyl groups is 1. The summed E-state index contributed by atoms with van der Waals surface area (Å²) in [6.07, 6.45) is 7.63. The summed E-state index contributed by atoms with van der Waals surface area (Å²) in [6.45, 7) is 2.79. The van der Waals surface area contributed by atoms with Crippen LogP contribution in [0.25, 0.3) is 10.8 Å². The number of benzene rings is 1. The maximum Gasteiger partial charge on any atom is 0.275 e. The van der Waals surface area contributed by atoms with Gasteiger partial charge in [0.25, 0.3) is 5.56 Å². The second-order valence-electron chi connectivity index (χ2n) is 8.83. The van der Waals surface area contributed by atoms with Crippen LogP contribution in [0.5, 0.6) is 0 Å². The fraction of sp³-hybridized carbons (Fsp3) is 0.417. The highest BCUT2D eigenvalue weighted by Crippen LogP contribution is 2.48. The minimum Gasteiger partial charge on any atom is -0.385 e. The van der Waals surface area contributed by atoms with E-state index in [1.807, 2.05) is 30.3 Å². The van der Waals surface area contributed by atoms with Crippen LogP contribution in [-0.2, 0) is 10.4 Å². The van der Waals surface area contributed by atoms with Crippen molar-refractivity contribution < 1.29 is 9.90 Å². The molecule has 1 aliphatic carbocycles. The molecule has 0 unspecified atom stereocenters. The fourth-order valence-corrected chi connectivity index (χ4v) is 5.43. The van der Waals surface area contributed by atoms with E-state index < -0.39 is 11.6 Å². The van der Waals surface area contributed by atoms with Gasteiger partial charge < -0.3 is 10.0 Å². The van der Waals surface area contributed by atoms with Gasteiger partial charge in [0.15, 0.2) is 0 Å². The van der Waals surface area contributed by atoms with Gasteiger partial charge in [0.1, 0.15) is 6.04 Å². The molecule has 7 heteroatoms. The number of nitrogens with zero attached hydrogens (tertiary/aromatic N) is 4. The van der Waals surface area contributed by atoms with Crippen molar-refractivity contribution >= 4 is 16.7 Å². The van der Waals surface area contributed by atoms with Gasteiger partial charge in [-0.2, -0.15) is 5.10 Å². The normalized spacial score (nSPS) is 26.6. The van der Waals surface area contributed by atoms with Crippen LogP contribution in [0.1, 0.15) is 37.8 Å². The number of hydrogen-bond acceptors (Lipinski definition) is 5. The largest absolute Gasteiger partial charge is 0.385 e. The third kappa shape index (κ3) is 3.24. The first-order chi connectivity index (χ1) is 15.0. The van der Waals surface area contributed by atoms with Gasteiger partial charge in [-0.25, -0.2) is 4.68 Å². The molecule has 0 radical (unpaired) electrons. The minimum absolute atomic E-state index is 0.0390. The first-order valence-electron chi connectivity index (χ1n) is 10.9. The molecule has 3 aromatic rings. The summed E-state index contributed by atoms with van der Waals surface area (Å²) in [6, 6.07) is 10.3. The van der Waals surface area contributed by atoms with Crippen LogP contribution in [0.4, 0.5) is 0 Å². The van der Waals surface area contributed by atoms with Crippen molar-refractivity contribution in [1.82, 2.24) is 19.7 Å². The van der Waals surface area contributed by atoms with Crippen molar-refractivity contribution in [3.8, 4) is 0 Å². The molecule has 7 nitrogen and oxygen atoms in total. The van der Waals surface area contributed by atoms with Gasteiger partial charge in [-0.05, 0) is 44.2 Å². The number of carbonyl (C=O) groups is 1. The predicted octanol–water partition coefficient (Wildman–Crippen LogP) is 2.50. The molecule has 4 atom stereocenters. The Hall–Kier alpha value is -3.06. The molecule has 1 aliphatic heterocycles. The van der Waals surface area contributed by atoms with Crippen molar-refractivity contribution in [3.63, 3.8) is 0 Å². The highest BCUT2D eigenvalue weighted by molar-refractivity contribution is 5.82. The lowest BCUT2D eigenvalue weighted by Crippen LogP contribution is -2.43. The Labute approximate surface area is 180 Å². The number of hydrogen-bond donors (Lipinski definition) is 1. The van der Waals surface area contributed by atoms with Crippen LogP contribution in [0.15, 0.2) is 59.8 Å². The van der Waals surface area contributed by atoms with E-state index in [2.05, 4.69) is 10.1 Å². The monoisotopic (exact) mass is 418 g/mol. The molecule has 31 heavy (non-hydrogen) atoms. The predicted molar refractivity (Wildman–Crippen MR) is 116 cm³/mol. The number of fused-ring (bicyclic) bond motifs is 2. The summed E-state index contributed by atoms with van der Waals surface area (Å²) in [5, 5.41) is 17.2. The Kier molecular flexibility index (Phi) is 4.85. The molecule has 1 saturated carbocycles. The van der Waals surface area contributed by atoms with E-state index in [9.17, 15) is 14.7 Å². The highest BCUT2D eigenvalue weighted by Gasteiger charge is 2.51. The lowest BCUT2D eigenvalue weighted by Gasteiger charge is -2.41. The SMILES string of the molecule is C[C@H](C(=O)N1C[C@H]2CCC[C@](O)(c3cccnc3)[C@@H]2C1)n1ncc2ccccc2c1=O. The molecule has 3 heterocycles. The van der Waals surface area contributed by atoms with Crippen LogP contribution in [-0.4, -0.2) is 43.8 Å². The maximum atomic E-state index is 13.4. The topological polar surface area (TPSA) is 88.3 Å². The molecular formula is C24H26N4O3. The summed E-state index contributed by atoms with van der Waals surface area (Å²) in [7, 11) is 0. The van der Waals surface area contributed by atoms with Crippen molar-refractivity contribution in [2.45, 2.75) is 37.8 Å².